The average molecular weight is 841 g/mol. The van der Waals surface area contributed by atoms with Crippen LogP contribution in [0.3, 0.4) is 0 Å². The van der Waals surface area contributed by atoms with Crippen LogP contribution in [0.25, 0.3) is 55.7 Å². The molecule has 0 amide bonds. The SMILES string of the molecule is C=C(COc1cc(C=O)c(-c2ccccc2)cc1OC)c1ccc(-c2ccccc2)cc1.C=C(COc1cc(C=O)c(-c2ccccc2)cc1OC)c1ccc(-c2ccccc2)cc1. The zero-order valence-electron chi connectivity index (χ0n) is 35.9. The topological polar surface area (TPSA) is 71.1 Å². The van der Waals surface area contributed by atoms with E-state index in [9.17, 15) is 9.59 Å². The van der Waals surface area contributed by atoms with Crippen molar-refractivity contribution in [2.45, 2.75) is 0 Å². The first-order chi connectivity index (χ1) is 31.4. The highest BCUT2D eigenvalue weighted by Gasteiger charge is 2.16. The number of carbonyl (C=O) groups excluding carboxylic acids is 2. The Morgan fingerprint density at radius 1 is 0.391 bits per heavy atom. The van der Waals surface area contributed by atoms with Gasteiger partial charge in [-0.3, -0.25) is 9.59 Å². The molecule has 0 heterocycles. The van der Waals surface area contributed by atoms with Gasteiger partial charge in [0.15, 0.2) is 35.6 Å². The van der Waals surface area contributed by atoms with Gasteiger partial charge in [-0.1, -0.05) is 183 Å². The summed E-state index contributed by atoms with van der Waals surface area (Å²) < 4.78 is 23.1. The molecule has 0 spiro atoms. The van der Waals surface area contributed by atoms with Crippen LogP contribution in [0, 0.1) is 0 Å². The third-order valence-corrected chi connectivity index (χ3v) is 10.7. The summed E-state index contributed by atoms with van der Waals surface area (Å²) in [6.07, 6.45) is 1.68. The molecule has 8 rings (SSSR count). The van der Waals surface area contributed by atoms with Crippen molar-refractivity contribution < 1.29 is 28.5 Å². The molecule has 8 aromatic carbocycles. The maximum atomic E-state index is 11.7. The van der Waals surface area contributed by atoms with E-state index in [1.165, 1.54) is 11.1 Å². The minimum absolute atomic E-state index is 0.282. The molecule has 316 valence electrons. The molecule has 0 fully saturated rings. The third kappa shape index (κ3) is 10.8. The molecular weight excluding hydrogens is 793 g/mol. The van der Waals surface area contributed by atoms with E-state index in [0.717, 1.165) is 68.2 Å². The van der Waals surface area contributed by atoms with E-state index in [4.69, 9.17) is 18.9 Å². The van der Waals surface area contributed by atoms with Crippen molar-refractivity contribution >= 4 is 23.7 Å². The molecule has 0 N–H and O–H groups in total. The van der Waals surface area contributed by atoms with Gasteiger partial charge in [0.2, 0.25) is 0 Å². The first-order valence-corrected chi connectivity index (χ1v) is 20.8. The van der Waals surface area contributed by atoms with Gasteiger partial charge in [0.1, 0.15) is 13.2 Å². The molecule has 64 heavy (non-hydrogen) atoms. The highest BCUT2D eigenvalue weighted by Crippen LogP contribution is 2.37. The van der Waals surface area contributed by atoms with Gasteiger partial charge in [-0.05, 0) is 91.0 Å². The predicted octanol–water partition coefficient (Wildman–Crippen LogP) is 13.9. The molecule has 0 bridgehead atoms. The van der Waals surface area contributed by atoms with E-state index in [2.05, 4.69) is 61.7 Å². The van der Waals surface area contributed by atoms with Gasteiger partial charge in [0.05, 0.1) is 14.2 Å². The van der Waals surface area contributed by atoms with Crippen LogP contribution in [0.2, 0.25) is 0 Å². The lowest BCUT2D eigenvalue weighted by Crippen LogP contribution is -2.03. The molecule has 6 nitrogen and oxygen atoms in total. The van der Waals surface area contributed by atoms with E-state index < -0.39 is 0 Å². The van der Waals surface area contributed by atoms with Crippen molar-refractivity contribution in [2.75, 3.05) is 27.4 Å². The van der Waals surface area contributed by atoms with Gasteiger partial charge in [0.25, 0.3) is 0 Å². The maximum absolute atomic E-state index is 11.7. The lowest BCUT2D eigenvalue weighted by Gasteiger charge is -2.15. The number of methoxy groups -OCH3 is 2. The van der Waals surface area contributed by atoms with E-state index in [-0.39, 0.29) is 13.2 Å². The van der Waals surface area contributed by atoms with Crippen molar-refractivity contribution in [2.24, 2.45) is 0 Å². The Balaban J connectivity index is 0.000000191. The first kappa shape index (κ1) is 43.9. The average Bonchev–Trinajstić information content (AvgIpc) is 3.38. The monoisotopic (exact) mass is 840 g/mol. The van der Waals surface area contributed by atoms with E-state index in [1.54, 1.807) is 26.4 Å². The molecule has 6 heteroatoms. The number of hydrogen-bond donors (Lipinski definition) is 0. The summed E-state index contributed by atoms with van der Waals surface area (Å²) in [6.45, 7) is 8.90. The number of aldehydes is 2. The molecule has 0 aliphatic heterocycles. The molecule has 8 aromatic rings. The zero-order chi connectivity index (χ0) is 44.7. The van der Waals surface area contributed by atoms with Crippen LogP contribution in [0.15, 0.2) is 207 Å². The lowest BCUT2D eigenvalue weighted by atomic mass is 9.99. The van der Waals surface area contributed by atoms with Crippen molar-refractivity contribution in [3.63, 3.8) is 0 Å². The lowest BCUT2D eigenvalue weighted by molar-refractivity contribution is 0.111. The zero-order valence-corrected chi connectivity index (χ0v) is 35.9. The summed E-state index contributed by atoms with van der Waals surface area (Å²) in [4.78, 5) is 23.5. The summed E-state index contributed by atoms with van der Waals surface area (Å²) in [5.41, 5.74) is 12.9. The minimum Gasteiger partial charge on any atom is -0.493 e. The van der Waals surface area contributed by atoms with Crippen molar-refractivity contribution in [3.05, 3.63) is 230 Å². The Hall–Kier alpha value is -8.22. The number of carbonyl (C=O) groups is 2. The molecule has 0 saturated carbocycles. The molecular formula is C58H48O6. The van der Waals surface area contributed by atoms with Crippen LogP contribution in [0.4, 0.5) is 0 Å². The summed E-state index contributed by atoms with van der Waals surface area (Å²) in [7, 11) is 3.18. The maximum Gasteiger partial charge on any atom is 0.162 e. The fraction of sp³-hybridized carbons (Fsp3) is 0.0690. The molecule has 0 radical (unpaired) electrons. The van der Waals surface area contributed by atoms with Gasteiger partial charge < -0.3 is 18.9 Å². The van der Waals surface area contributed by atoms with E-state index >= 15 is 0 Å². The number of ether oxygens (including phenoxy) is 4. The molecule has 0 aliphatic rings. The van der Waals surface area contributed by atoms with Gasteiger partial charge in [0, 0.05) is 11.1 Å². The molecule has 0 saturated heterocycles. The fourth-order valence-corrected chi connectivity index (χ4v) is 7.18. The Kier molecular flexibility index (Phi) is 14.8. The van der Waals surface area contributed by atoms with Crippen LogP contribution in [0.5, 0.6) is 23.0 Å². The Bertz CT molecular complexity index is 2620. The predicted molar refractivity (Wildman–Crippen MR) is 260 cm³/mol. The van der Waals surface area contributed by atoms with Crippen molar-refractivity contribution in [1.29, 1.82) is 0 Å². The summed E-state index contributed by atoms with van der Waals surface area (Å²) in [5.74, 6) is 2.16. The Morgan fingerprint density at radius 3 is 0.984 bits per heavy atom. The summed E-state index contributed by atoms with van der Waals surface area (Å²) >= 11 is 0. The quantitative estimate of drug-likeness (QED) is 0.0903. The minimum atomic E-state index is 0.282. The smallest absolute Gasteiger partial charge is 0.162 e. The summed E-state index contributed by atoms with van der Waals surface area (Å²) in [6, 6.07) is 63.6. The van der Waals surface area contributed by atoms with Crippen LogP contribution in [0.1, 0.15) is 31.8 Å². The fourth-order valence-electron chi connectivity index (χ4n) is 7.18. The number of rotatable bonds is 16. The normalized spacial score (nSPS) is 10.4. The molecule has 0 aromatic heterocycles. The number of hydrogen-bond acceptors (Lipinski definition) is 6. The van der Waals surface area contributed by atoms with Crippen LogP contribution in [-0.4, -0.2) is 40.0 Å². The Morgan fingerprint density at radius 2 is 0.688 bits per heavy atom. The molecule has 0 unspecified atom stereocenters. The number of benzene rings is 8. The van der Waals surface area contributed by atoms with E-state index in [1.807, 2.05) is 133 Å². The van der Waals surface area contributed by atoms with Gasteiger partial charge in [-0.2, -0.15) is 0 Å². The molecule has 0 atom stereocenters. The second-order valence-corrected chi connectivity index (χ2v) is 14.8. The van der Waals surface area contributed by atoms with Gasteiger partial charge in [-0.25, -0.2) is 0 Å². The second kappa shape index (κ2) is 21.5. The third-order valence-electron chi connectivity index (χ3n) is 10.7. The second-order valence-electron chi connectivity index (χ2n) is 14.8. The van der Waals surface area contributed by atoms with Gasteiger partial charge in [-0.15, -0.1) is 0 Å². The standard InChI is InChI=1S/2C29H24O3/c2*1-21(22-13-15-24(16-14-22)23-9-5-3-6-10-23)20-32-29-17-26(19-30)27(18-28(29)31-2)25-11-7-4-8-12-25/h2*3-19H,1,20H2,2H3. The van der Waals surface area contributed by atoms with Gasteiger partial charge >= 0.3 is 0 Å². The van der Waals surface area contributed by atoms with Crippen LogP contribution >= 0.6 is 0 Å². The highest BCUT2D eigenvalue weighted by atomic mass is 16.5. The largest absolute Gasteiger partial charge is 0.493 e. The Labute approximate surface area is 375 Å². The van der Waals surface area contributed by atoms with Crippen LogP contribution in [-0.2, 0) is 0 Å². The van der Waals surface area contributed by atoms with Crippen molar-refractivity contribution in [3.8, 4) is 67.5 Å². The van der Waals surface area contributed by atoms with E-state index in [0.29, 0.717) is 34.1 Å². The first-order valence-electron chi connectivity index (χ1n) is 20.8. The highest BCUT2D eigenvalue weighted by molar-refractivity contribution is 5.90. The summed E-state index contributed by atoms with van der Waals surface area (Å²) in [5, 5.41) is 0. The van der Waals surface area contributed by atoms with Crippen LogP contribution < -0.4 is 18.9 Å². The van der Waals surface area contributed by atoms with Crippen molar-refractivity contribution in [1.82, 2.24) is 0 Å². The molecule has 0 aliphatic carbocycles.